The van der Waals surface area contributed by atoms with E-state index in [1.54, 1.807) is 4.90 Å². The number of benzene rings is 3. The monoisotopic (exact) mass is 489 g/mol. The highest BCUT2D eigenvalue weighted by molar-refractivity contribution is 7.22. The van der Waals surface area contributed by atoms with Crippen LogP contribution in [-0.2, 0) is 0 Å². The van der Waals surface area contributed by atoms with Crippen LogP contribution in [0.5, 0.6) is 17.2 Å². The molecule has 0 unspecified atom stereocenters. The van der Waals surface area contributed by atoms with Crippen molar-refractivity contribution in [2.75, 3.05) is 37.7 Å². The van der Waals surface area contributed by atoms with E-state index >= 15 is 0 Å². The molecule has 0 aliphatic rings. The Hall–Kier alpha value is -3.42. The van der Waals surface area contributed by atoms with E-state index in [-0.39, 0.29) is 5.91 Å². The number of thiazole rings is 1. The third-order valence-electron chi connectivity index (χ3n) is 5.75. The largest absolute Gasteiger partial charge is 0.494 e. The summed E-state index contributed by atoms with van der Waals surface area (Å²) in [7, 11) is 0. The summed E-state index contributed by atoms with van der Waals surface area (Å²) in [6, 6.07) is 22.7. The predicted molar refractivity (Wildman–Crippen MR) is 143 cm³/mol. The molecule has 1 heterocycles. The number of hydrogen-bond acceptors (Lipinski definition) is 6. The van der Waals surface area contributed by atoms with Gasteiger partial charge in [0, 0.05) is 18.7 Å². The summed E-state index contributed by atoms with van der Waals surface area (Å²) in [5, 5.41) is 0.690. The van der Waals surface area contributed by atoms with Gasteiger partial charge in [0.05, 0.1) is 16.8 Å². The van der Waals surface area contributed by atoms with Crippen molar-refractivity contribution in [1.29, 1.82) is 0 Å². The number of hydrogen-bond donors (Lipinski definition) is 0. The van der Waals surface area contributed by atoms with E-state index < -0.39 is 0 Å². The number of carbonyl (C=O) groups excluding carboxylic acids is 1. The molecule has 7 heteroatoms. The minimum absolute atomic E-state index is 0.0764. The van der Waals surface area contributed by atoms with Crippen molar-refractivity contribution >= 4 is 32.6 Å². The molecule has 3 aromatic carbocycles. The van der Waals surface area contributed by atoms with E-state index in [1.807, 2.05) is 79.7 Å². The average molecular weight is 490 g/mol. The maximum absolute atomic E-state index is 13.7. The van der Waals surface area contributed by atoms with Crippen LogP contribution in [0.25, 0.3) is 10.2 Å². The molecule has 0 saturated carbocycles. The molecule has 182 valence electrons. The van der Waals surface area contributed by atoms with Crippen LogP contribution in [0.2, 0.25) is 0 Å². The fraction of sp³-hybridized carbons (Fsp3) is 0.286. The molecule has 0 saturated heterocycles. The SMILES string of the molecule is CCOc1ccc2nc(N(CCN(CC)CC)C(=O)c3ccc(Oc4ccccc4)cc3)sc2c1. The van der Waals surface area contributed by atoms with Crippen molar-refractivity contribution in [1.82, 2.24) is 9.88 Å². The fourth-order valence-corrected chi connectivity index (χ4v) is 4.79. The average Bonchev–Trinajstić information content (AvgIpc) is 3.31. The lowest BCUT2D eigenvalue weighted by molar-refractivity contribution is 0.0983. The van der Waals surface area contributed by atoms with E-state index in [2.05, 4.69) is 18.7 Å². The molecule has 0 aliphatic carbocycles. The first-order valence-electron chi connectivity index (χ1n) is 12.0. The molecule has 6 nitrogen and oxygen atoms in total. The van der Waals surface area contributed by atoms with Gasteiger partial charge in [-0.1, -0.05) is 43.4 Å². The number of anilines is 1. The van der Waals surface area contributed by atoms with Gasteiger partial charge >= 0.3 is 0 Å². The maximum atomic E-state index is 13.7. The van der Waals surface area contributed by atoms with Gasteiger partial charge in [-0.25, -0.2) is 4.98 Å². The number of ether oxygens (including phenoxy) is 2. The molecule has 1 aromatic heterocycles. The number of fused-ring (bicyclic) bond motifs is 1. The fourth-order valence-electron chi connectivity index (χ4n) is 3.78. The van der Waals surface area contributed by atoms with Crippen molar-refractivity contribution in [3.8, 4) is 17.2 Å². The number of amides is 1. The first kappa shape index (κ1) is 24.7. The number of rotatable bonds is 11. The van der Waals surface area contributed by atoms with Crippen LogP contribution in [0.1, 0.15) is 31.1 Å². The summed E-state index contributed by atoms with van der Waals surface area (Å²) in [6.07, 6.45) is 0. The van der Waals surface area contributed by atoms with Crippen molar-refractivity contribution in [3.63, 3.8) is 0 Å². The second-order valence-corrected chi connectivity index (χ2v) is 8.99. The number of likely N-dealkylation sites (N-methyl/N-ethyl adjacent to an activating group) is 1. The highest BCUT2D eigenvalue weighted by Gasteiger charge is 2.22. The Labute approximate surface area is 210 Å². The van der Waals surface area contributed by atoms with Crippen LogP contribution in [-0.4, -0.2) is 48.6 Å². The number of para-hydroxylation sites is 1. The molecule has 4 aromatic rings. The van der Waals surface area contributed by atoms with E-state index in [0.29, 0.717) is 29.6 Å². The Morgan fingerprint density at radius 3 is 2.23 bits per heavy atom. The van der Waals surface area contributed by atoms with Crippen LogP contribution in [0.15, 0.2) is 72.8 Å². The van der Waals surface area contributed by atoms with Gasteiger partial charge in [0.1, 0.15) is 17.2 Å². The molecule has 0 radical (unpaired) electrons. The predicted octanol–water partition coefficient (Wildman–Crippen LogP) is 6.48. The smallest absolute Gasteiger partial charge is 0.260 e. The molecular formula is C28H31N3O3S. The summed E-state index contributed by atoms with van der Waals surface area (Å²) in [5.74, 6) is 2.18. The van der Waals surface area contributed by atoms with Crippen LogP contribution >= 0.6 is 11.3 Å². The Morgan fingerprint density at radius 2 is 1.54 bits per heavy atom. The second kappa shape index (κ2) is 11.8. The van der Waals surface area contributed by atoms with Crippen molar-refractivity contribution in [2.24, 2.45) is 0 Å². The lowest BCUT2D eigenvalue weighted by atomic mass is 10.2. The van der Waals surface area contributed by atoms with E-state index in [0.717, 1.165) is 41.3 Å². The quantitative estimate of drug-likeness (QED) is 0.241. The van der Waals surface area contributed by atoms with Gasteiger partial charge in [0.25, 0.3) is 5.91 Å². The maximum Gasteiger partial charge on any atom is 0.260 e. The molecule has 0 spiro atoms. The van der Waals surface area contributed by atoms with Crippen molar-refractivity contribution in [3.05, 3.63) is 78.4 Å². The second-order valence-electron chi connectivity index (χ2n) is 7.98. The summed E-state index contributed by atoms with van der Waals surface area (Å²) < 4.78 is 12.5. The molecule has 0 aliphatic heterocycles. The zero-order chi connectivity index (χ0) is 24.6. The molecule has 35 heavy (non-hydrogen) atoms. The van der Waals surface area contributed by atoms with Gasteiger partial charge in [0.15, 0.2) is 5.13 Å². The Morgan fingerprint density at radius 1 is 0.857 bits per heavy atom. The lowest BCUT2D eigenvalue weighted by Gasteiger charge is -2.24. The summed E-state index contributed by atoms with van der Waals surface area (Å²) >= 11 is 1.51. The van der Waals surface area contributed by atoms with Crippen LogP contribution in [0.4, 0.5) is 5.13 Å². The molecule has 0 fully saturated rings. The van der Waals surface area contributed by atoms with Gasteiger partial charge in [-0.3, -0.25) is 9.69 Å². The van der Waals surface area contributed by atoms with Gasteiger partial charge in [0.2, 0.25) is 0 Å². The van der Waals surface area contributed by atoms with Crippen LogP contribution < -0.4 is 14.4 Å². The number of aromatic nitrogens is 1. The molecule has 0 atom stereocenters. The standard InChI is InChI=1S/C28H31N3O3S/c1-4-30(5-2)18-19-31(28-29-25-17-16-24(33-6-3)20-26(25)35-28)27(32)21-12-14-23(15-13-21)34-22-10-8-7-9-11-22/h7-17,20H,4-6,18-19H2,1-3H3. The van der Waals surface area contributed by atoms with Crippen molar-refractivity contribution in [2.45, 2.75) is 20.8 Å². The van der Waals surface area contributed by atoms with Crippen LogP contribution in [0.3, 0.4) is 0 Å². The zero-order valence-corrected chi connectivity index (χ0v) is 21.3. The number of nitrogens with zero attached hydrogens (tertiary/aromatic N) is 3. The number of carbonyl (C=O) groups is 1. The summed E-state index contributed by atoms with van der Waals surface area (Å²) in [6.45, 7) is 10.0. The Balaban J connectivity index is 1.59. The highest BCUT2D eigenvalue weighted by atomic mass is 32.1. The summed E-state index contributed by atoms with van der Waals surface area (Å²) in [5.41, 5.74) is 1.46. The molecular weight excluding hydrogens is 458 g/mol. The Bertz CT molecular complexity index is 1240. The first-order valence-corrected chi connectivity index (χ1v) is 12.8. The van der Waals surface area contributed by atoms with Gasteiger partial charge < -0.3 is 14.4 Å². The van der Waals surface area contributed by atoms with Crippen LogP contribution in [0, 0.1) is 0 Å². The lowest BCUT2D eigenvalue weighted by Crippen LogP contribution is -2.38. The molecule has 4 rings (SSSR count). The minimum Gasteiger partial charge on any atom is -0.494 e. The third-order valence-corrected chi connectivity index (χ3v) is 6.79. The summed E-state index contributed by atoms with van der Waals surface area (Å²) in [4.78, 5) is 22.5. The first-order chi connectivity index (χ1) is 17.1. The van der Waals surface area contributed by atoms with Crippen molar-refractivity contribution < 1.29 is 14.3 Å². The van der Waals surface area contributed by atoms with Gasteiger partial charge in [-0.15, -0.1) is 0 Å². The Kier molecular flexibility index (Phi) is 8.34. The normalized spacial score (nSPS) is 11.1. The van der Waals surface area contributed by atoms with E-state index in [4.69, 9.17) is 14.5 Å². The molecule has 0 bridgehead atoms. The minimum atomic E-state index is -0.0764. The van der Waals surface area contributed by atoms with E-state index in [1.165, 1.54) is 11.3 Å². The topological polar surface area (TPSA) is 54.9 Å². The van der Waals surface area contributed by atoms with E-state index in [9.17, 15) is 4.79 Å². The van der Waals surface area contributed by atoms with Gasteiger partial charge in [-0.2, -0.15) is 0 Å². The highest BCUT2D eigenvalue weighted by Crippen LogP contribution is 2.32. The molecule has 1 amide bonds. The third kappa shape index (κ3) is 6.18. The van der Waals surface area contributed by atoms with Gasteiger partial charge in [-0.05, 0) is 74.6 Å². The molecule has 0 N–H and O–H groups in total. The zero-order valence-electron chi connectivity index (χ0n) is 20.4.